The molecule has 4 nitrogen and oxygen atoms in total. The molecule has 0 radical (unpaired) electrons. The zero-order chi connectivity index (χ0) is 22.1. The van der Waals surface area contributed by atoms with Crippen molar-refractivity contribution in [2.24, 2.45) is 5.41 Å². The normalized spacial score (nSPS) is 16.7. The molecule has 0 bridgehead atoms. The first-order chi connectivity index (χ1) is 14.3. The molecule has 1 aliphatic rings. The summed E-state index contributed by atoms with van der Waals surface area (Å²) < 4.78 is 5.30. The van der Waals surface area contributed by atoms with Crippen LogP contribution in [0.3, 0.4) is 0 Å². The van der Waals surface area contributed by atoms with Gasteiger partial charge in [-0.15, -0.1) is 0 Å². The zero-order valence-electron chi connectivity index (χ0n) is 20.8. The maximum atomic E-state index is 5.30. The van der Waals surface area contributed by atoms with Crippen LogP contribution in [-0.4, -0.2) is 64.9 Å². The molecular weight excluding hydrogens is 370 g/mol. The highest BCUT2D eigenvalue weighted by molar-refractivity contribution is 5.65. The molecule has 1 saturated heterocycles. The highest BCUT2D eigenvalue weighted by Crippen LogP contribution is 2.41. The quantitative estimate of drug-likeness (QED) is 0.439. The van der Waals surface area contributed by atoms with Crippen LogP contribution in [0, 0.1) is 5.41 Å². The Morgan fingerprint density at radius 2 is 1.80 bits per heavy atom. The van der Waals surface area contributed by atoms with E-state index in [1.54, 1.807) is 12.7 Å². The minimum atomic E-state index is 0.381. The smallest absolute Gasteiger partial charge is 0.0637 e. The van der Waals surface area contributed by atoms with E-state index < -0.39 is 0 Å². The Hall–Kier alpha value is -1.26. The van der Waals surface area contributed by atoms with Crippen LogP contribution in [-0.2, 0) is 4.74 Å². The minimum absolute atomic E-state index is 0.381. The molecule has 0 amide bonds. The number of hydrogen-bond acceptors (Lipinski definition) is 4. The number of likely N-dealkylation sites (N-methyl/N-ethyl adjacent to an activating group) is 1. The van der Waals surface area contributed by atoms with Gasteiger partial charge in [-0.2, -0.15) is 0 Å². The van der Waals surface area contributed by atoms with Crippen molar-refractivity contribution in [3.8, 4) is 0 Å². The lowest BCUT2D eigenvalue weighted by molar-refractivity contribution is 0.206. The zero-order valence-corrected chi connectivity index (χ0v) is 20.8. The molecule has 0 saturated carbocycles. The topological polar surface area (TPSA) is 19.0 Å². The molecule has 1 aromatic carbocycles. The Balaban J connectivity index is 2.33. The van der Waals surface area contributed by atoms with Crippen molar-refractivity contribution in [2.45, 2.75) is 66.2 Å². The van der Waals surface area contributed by atoms with Crippen molar-refractivity contribution in [3.05, 3.63) is 23.8 Å². The molecule has 1 atom stereocenters. The summed E-state index contributed by atoms with van der Waals surface area (Å²) in [6.45, 7) is 19.3. The average molecular weight is 418 g/mol. The summed E-state index contributed by atoms with van der Waals surface area (Å²) in [7, 11) is 3.95. The molecule has 1 heterocycles. The van der Waals surface area contributed by atoms with E-state index in [9.17, 15) is 0 Å². The fourth-order valence-electron chi connectivity index (χ4n) is 4.56. The van der Waals surface area contributed by atoms with Crippen molar-refractivity contribution in [1.29, 1.82) is 0 Å². The van der Waals surface area contributed by atoms with E-state index in [0.29, 0.717) is 11.3 Å². The van der Waals surface area contributed by atoms with Crippen molar-refractivity contribution in [2.75, 3.05) is 69.8 Å². The lowest BCUT2D eigenvalue weighted by atomic mass is 9.76. The molecule has 1 unspecified atom stereocenters. The lowest BCUT2D eigenvalue weighted by Gasteiger charge is -2.39. The second-order valence-electron chi connectivity index (χ2n) is 9.81. The molecule has 0 spiro atoms. The average Bonchev–Trinajstić information content (AvgIpc) is 2.76. The number of methoxy groups -OCH3 is 1. The SMILES string of the molecule is CCCN1CCN(c2cc(N(C)CCOC)ccc2C(CC)CC(C)(C)CC)CC1. The van der Waals surface area contributed by atoms with Gasteiger partial charge in [-0.3, -0.25) is 4.90 Å². The molecule has 30 heavy (non-hydrogen) atoms. The van der Waals surface area contributed by atoms with Crippen LogP contribution in [0.25, 0.3) is 0 Å². The fraction of sp³-hybridized carbons (Fsp3) is 0.769. The summed E-state index contributed by atoms with van der Waals surface area (Å²) in [5.41, 5.74) is 4.69. The molecule has 1 aliphatic heterocycles. The first kappa shape index (κ1) is 25.0. The predicted octanol–water partition coefficient (Wildman–Crippen LogP) is 5.62. The predicted molar refractivity (Wildman–Crippen MR) is 132 cm³/mol. The van der Waals surface area contributed by atoms with Crippen molar-refractivity contribution >= 4 is 11.4 Å². The van der Waals surface area contributed by atoms with Crippen LogP contribution in [0.2, 0.25) is 0 Å². The Morgan fingerprint density at radius 3 is 2.37 bits per heavy atom. The molecule has 0 aliphatic carbocycles. The third-order valence-corrected chi connectivity index (χ3v) is 7.03. The van der Waals surface area contributed by atoms with E-state index in [-0.39, 0.29) is 0 Å². The Bertz CT molecular complexity index is 623. The number of hydrogen-bond donors (Lipinski definition) is 0. The van der Waals surface area contributed by atoms with Gasteiger partial charge in [0.25, 0.3) is 0 Å². The van der Waals surface area contributed by atoms with E-state index in [4.69, 9.17) is 4.74 Å². The summed E-state index contributed by atoms with van der Waals surface area (Å²) >= 11 is 0. The van der Waals surface area contributed by atoms with Crippen molar-refractivity contribution in [3.63, 3.8) is 0 Å². The Kier molecular flexibility index (Phi) is 9.96. The van der Waals surface area contributed by atoms with E-state index >= 15 is 0 Å². The number of rotatable bonds is 12. The minimum Gasteiger partial charge on any atom is -0.383 e. The number of anilines is 2. The third-order valence-electron chi connectivity index (χ3n) is 7.03. The summed E-state index contributed by atoms with van der Waals surface area (Å²) in [6, 6.07) is 7.19. The van der Waals surface area contributed by atoms with Gasteiger partial charge in [-0.25, -0.2) is 0 Å². The van der Waals surface area contributed by atoms with Crippen LogP contribution >= 0.6 is 0 Å². The van der Waals surface area contributed by atoms with Gasteiger partial charge in [0.05, 0.1) is 6.61 Å². The van der Waals surface area contributed by atoms with E-state index in [1.165, 1.54) is 56.7 Å². The number of ether oxygens (including phenoxy) is 1. The maximum Gasteiger partial charge on any atom is 0.0637 e. The first-order valence-electron chi connectivity index (χ1n) is 12.2. The van der Waals surface area contributed by atoms with Crippen LogP contribution in [0.4, 0.5) is 11.4 Å². The lowest BCUT2D eigenvalue weighted by Crippen LogP contribution is -2.47. The third kappa shape index (κ3) is 6.88. The highest BCUT2D eigenvalue weighted by Gasteiger charge is 2.26. The summed E-state index contributed by atoms with van der Waals surface area (Å²) in [5.74, 6) is 0.613. The van der Waals surface area contributed by atoms with Crippen LogP contribution in [0.1, 0.15) is 71.8 Å². The Morgan fingerprint density at radius 1 is 1.10 bits per heavy atom. The van der Waals surface area contributed by atoms with Gasteiger partial charge in [0.1, 0.15) is 0 Å². The number of benzene rings is 1. The summed E-state index contributed by atoms with van der Waals surface area (Å²) in [6.07, 6.45) is 4.92. The molecule has 1 fully saturated rings. The van der Waals surface area contributed by atoms with E-state index in [1.807, 2.05) is 0 Å². The van der Waals surface area contributed by atoms with Crippen LogP contribution in [0.15, 0.2) is 18.2 Å². The summed E-state index contributed by atoms with van der Waals surface area (Å²) in [5, 5.41) is 0. The molecule has 172 valence electrons. The van der Waals surface area contributed by atoms with Crippen LogP contribution < -0.4 is 9.80 Å². The molecule has 0 aromatic heterocycles. The fourth-order valence-corrected chi connectivity index (χ4v) is 4.56. The van der Waals surface area contributed by atoms with Gasteiger partial charge in [0.2, 0.25) is 0 Å². The number of nitrogens with zero attached hydrogens (tertiary/aromatic N) is 3. The second-order valence-corrected chi connectivity index (χ2v) is 9.81. The van der Waals surface area contributed by atoms with E-state index in [2.05, 4.69) is 74.6 Å². The summed E-state index contributed by atoms with van der Waals surface area (Å²) in [4.78, 5) is 7.58. The van der Waals surface area contributed by atoms with Gasteiger partial charge < -0.3 is 14.5 Å². The molecular formula is C26H47N3O. The van der Waals surface area contributed by atoms with E-state index in [0.717, 1.165) is 26.2 Å². The van der Waals surface area contributed by atoms with Gasteiger partial charge >= 0.3 is 0 Å². The first-order valence-corrected chi connectivity index (χ1v) is 12.2. The van der Waals surface area contributed by atoms with Crippen molar-refractivity contribution in [1.82, 2.24) is 4.90 Å². The molecule has 0 N–H and O–H groups in total. The number of piperazine rings is 1. The largest absolute Gasteiger partial charge is 0.383 e. The molecule has 2 rings (SSSR count). The standard InChI is InChI=1S/C26H47N3O/c1-8-13-28-14-16-29(17-15-28)25-20-23(27(6)18-19-30-7)11-12-24(25)22(9-2)21-26(4,5)10-3/h11-12,20,22H,8-10,13-19,21H2,1-7H3. The molecule has 4 heteroatoms. The second kappa shape index (κ2) is 12.0. The van der Waals surface area contributed by atoms with Crippen molar-refractivity contribution < 1.29 is 4.74 Å². The van der Waals surface area contributed by atoms with Gasteiger partial charge in [-0.1, -0.05) is 47.1 Å². The van der Waals surface area contributed by atoms with Crippen LogP contribution in [0.5, 0.6) is 0 Å². The highest BCUT2D eigenvalue weighted by atomic mass is 16.5. The monoisotopic (exact) mass is 417 g/mol. The van der Waals surface area contributed by atoms with Gasteiger partial charge in [0, 0.05) is 58.3 Å². The Labute approximate surface area is 186 Å². The molecule has 1 aromatic rings. The van der Waals surface area contributed by atoms with Gasteiger partial charge in [-0.05, 0) is 54.8 Å². The maximum absolute atomic E-state index is 5.30. The van der Waals surface area contributed by atoms with Gasteiger partial charge in [0.15, 0.2) is 0 Å².